The highest BCUT2D eigenvalue weighted by Gasteiger charge is 2.23. The maximum absolute atomic E-state index is 11.0. The van der Waals surface area contributed by atoms with Crippen molar-refractivity contribution < 1.29 is 24.5 Å². The fourth-order valence-corrected chi connectivity index (χ4v) is 1.38. The number of aliphatic hydroxyl groups excluding tert-OH is 2. The molecule has 0 aromatic carbocycles. The second-order valence-electron chi connectivity index (χ2n) is 3.65. The maximum Gasteiger partial charge on any atom is 0.308 e. The Morgan fingerprint density at radius 1 is 1.50 bits per heavy atom. The Morgan fingerprint density at radius 3 is 2.72 bits per heavy atom. The van der Waals surface area contributed by atoms with Crippen LogP contribution >= 0.6 is 0 Å². The Kier molecular flexibility index (Phi) is 4.87. The standard InChI is InChI=1S/C11H16N2O5/c1-17-8-3-6(5-13-11(8)12)10(16)7(14)4-9(15)18-2/h3,5,7,10,14,16H,4H2,1-2H3,(H2,12,13). The molecule has 2 atom stereocenters. The highest BCUT2D eigenvalue weighted by atomic mass is 16.5. The molecule has 0 spiro atoms. The molecule has 0 bridgehead atoms. The van der Waals surface area contributed by atoms with Crippen LogP contribution in [0.1, 0.15) is 18.1 Å². The van der Waals surface area contributed by atoms with E-state index in [1.165, 1.54) is 26.5 Å². The normalized spacial score (nSPS) is 13.8. The van der Waals surface area contributed by atoms with E-state index < -0.39 is 18.2 Å². The van der Waals surface area contributed by atoms with E-state index in [4.69, 9.17) is 10.5 Å². The molecule has 0 radical (unpaired) electrons. The van der Waals surface area contributed by atoms with Crippen molar-refractivity contribution in [3.05, 3.63) is 17.8 Å². The summed E-state index contributed by atoms with van der Waals surface area (Å²) in [6.45, 7) is 0. The lowest BCUT2D eigenvalue weighted by Crippen LogP contribution is -2.22. The Morgan fingerprint density at radius 2 is 2.17 bits per heavy atom. The number of ether oxygens (including phenoxy) is 2. The first kappa shape index (κ1) is 14.2. The van der Waals surface area contributed by atoms with E-state index in [1.807, 2.05) is 0 Å². The van der Waals surface area contributed by atoms with Crippen LogP contribution in [0.5, 0.6) is 5.75 Å². The third kappa shape index (κ3) is 3.31. The van der Waals surface area contributed by atoms with Crippen LogP contribution in [0.3, 0.4) is 0 Å². The summed E-state index contributed by atoms with van der Waals surface area (Å²) in [5.41, 5.74) is 5.83. The molecule has 100 valence electrons. The molecule has 0 fully saturated rings. The average molecular weight is 256 g/mol. The van der Waals surface area contributed by atoms with Crippen LogP contribution in [-0.2, 0) is 9.53 Å². The molecular weight excluding hydrogens is 240 g/mol. The summed E-state index contributed by atoms with van der Waals surface area (Å²) in [5, 5.41) is 19.5. The van der Waals surface area contributed by atoms with E-state index in [1.54, 1.807) is 0 Å². The number of methoxy groups -OCH3 is 2. The summed E-state index contributed by atoms with van der Waals surface area (Å²) < 4.78 is 9.35. The molecule has 1 aromatic heterocycles. The van der Waals surface area contributed by atoms with Crippen molar-refractivity contribution in [1.29, 1.82) is 0 Å². The van der Waals surface area contributed by atoms with Crippen molar-refractivity contribution in [2.75, 3.05) is 20.0 Å². The Labute approximate surface area is 104 Å². The number of nitrogen functional groups attached to an aromatic ring is 1. The third-order valence-electron chi connectivity index (χ3n) is 2.43. The van der Waals surface area contributed by atoms with E-state index in [0.717, 1.165) is 0 Å². The van der Waals surface area contributed by atoms with Gasteiger partial charge in [0.05, 0.1) is 26.7 Å². The van der Waals surface area contributed by atoms with Crippen molar-refractivity contribution in [1.82, 2.24) is 4.98 Å². The SMILES string of the molecule is COC(=O)CC(O)C(O)c1cnc(N)c(OC)c1. The minimum atomic E-state index is -1.28. The molecule has 4 N–H and O–H groups in total. The quantitative estimate of drug-likeness (QED) is 0.615. The molecular formula is C11H16N2O5. The van der Waals surface area contributed by atoms with E-state index in [2.05, 4.69) is 9.72 Å². The lowest BCUT2D eigenvalue weighted by Gasteiger charge is -2.17. The maximum atomic E-state index is 11.0. The highest BCUT2D eigenvalue weighted by Crippen LogP contribution is 2.25. The van der Waals surface area contributed by atoms with Crippen LogP contribution in [-0.4, -0.2) is 41.5 Å². The van der Waals surface area contributed by atoms with Crippen LogP contribution < -0.4 is 10.5 Å². The summed E-state index contributed by atoms with van der Waals surface area (Å²) in [7, 11) is 2.61. The number of nitrogens with zero attached hydrogens (tertiary/aromatic N) is 1. The highest BCUT2D eigenvalue weighted by molar-refractivity contribution is 5.69. The fraction of sp³-hybridized carbons (Fsp3) is 0.455. The van der Waals surface area contributed by atoms with E-state index in [0.29, 0.717) is 5.56 Å². The van der Waals surface area contributed by atoms with Crippen LogP contribution in [0.25, 0.3) is 0 Å². The molecule has 7 nitrogen and oxygen atoms in total. The van der Waals surface area contributed by atoms with Crippen molar-refractivity contribution in [2.45, 2.75) is 18.6 Å². The predicted octanol–water partition coefficient (Wildman–Crippen LogP) is -0.370. The molecule has 0 aliphatic carbocycles. The third-order valence-corrected chi connectivity index (χ3v) is 2.43. The lowest BCUT2D eigenvalue weighted by molar-refractivity contribution is -0.144. The number of hydrogen-bond acceptors (Lipinski definition) is 7. The molecule has 2 unspecified atom stereocenters. The largest absolute Gasteiger partial charge is 0.493 e. The zero-order chi connectivity index (χ0) is 13.7. The molecule has 0 aliphatic rings. The van der Waals surface area contributed by atoms with E-state index in [9.17, 15) is 15.0 Å². The van der Waals surface area contributed by atoms with Gasteiger partial charge in [0.15, 0.2) is 11.6 Å². The number of carbonyl (C=O) groups is 1. The van der Waals surface area contributed by atoms with Crippen molar-refractivity contribution in [3.63, 3.8) is 0 Å². The molecule has 7 heteroatoms. The molecule has 0 aliphatic heterocycles. The number of hydrogen-bond donors (Lipinski definition) is 3. The monoisotopic (exact) mass is 256 g/mol. The van der Waals surface area contributed by atoms with E-state index in [-0.39, 0.29) is 18.0 Å². The first-order chi connectivity index (χ1) is 8.49. The Hall–Kier alpha value is -1.86. The van der Waals surface area contributed by atoms with Gasteiger partial charge in [-0.3, -0.25) is 4.79 Å². The first-order valence-corrected chi connectivity index (χ1v) is 5.22. The van der Waals surface area contributed by atoms with Crippen molar-refractivity contribution >= 4 is 11.8 Å². The van der Waals surface area contributed by atoms with E-state index >= 15 is 0 Å². The second kappa shape index (κ2) is 6.18. The number of pyridine rings is 1. The van der Waals surface area contributed by atoms with Crippen molar-refractivity contribution in [3.8, 4) is 5.75 Å². The van der Waals surface area contributed by atoms with Gasteiger partial charge in [-0.15, -0.1) is 0 Å². The van der Waals surface area contributed by atoms with Crippen molar-refractivity contribution in [2.24, 2.45) is 0 Å². The summed E-state index contributed by atoms with van der Waals surface area (Å²) in [4.78, 5) is 14.8. The zero-order valence-corrected chi connectivity index (χ0v) is 10.2. The van der Waals surface area contributed by atoms with Crippen LogP contribution in [0, 0.1) is 0 Å². The van der Waals surface area contributed by atoms with Gasteiger partial charge >= 0.3 is 5.97 Å². The molecule has 18 heavy (non-hydrogen) atoms. The summed E-state index contributed by atoms with van der Waals surface area (Å²) in [6.07, 6.45) is -1.56. The molecule has 0 saturated carbocycles. The molecule has 0 saturated heterocycles. The molecule has 1 heterocycles. The van der Waals surface area contributed by atoms with Crippen LogP contribution in [0.2, 0.25) is 0 Å². The van der Waals surface area contributed by atoms with Gasteiger partial charge in [0, 0.05) is 11.8 Å². The summed E-state index contributed by atoms with van der Waals surface area (Å²) in [5.74, 6) is -0.148. The number of nitrogens with two attached hydrogens (primary N) is 1. The molecule has 0 amide bonds. The number of aliphatic hydroxyl groups is 2. The average Bonchev–Trinajstić information content (AvgIpc) is 2.38. The van der Waals surface area contributed by atoms with Gasteiger partial charge in [0.25, 0.3) is 0 Å². The minimum Gasteiger partial charge on any atom is -0.493 e. The number of rotatable bonds is 5. The van der Waals surface area contributed by atoms with Crippen LogP contribution in [0.15, 0.2) is 12.3 Å². The lowest BCUT2D eigenvalue weighted by atomic mass is 10.0. The van der Waals surface area contributed by atoms with Gasteiger partial charge < -0.3 is 25.4 Å². The van der Waals surface area contributed by atoms with Crippen LogP contribution in [0.4, 0.5) is 5.82 Å². The van der Waals surface area contributed by atoms with Gasteiger partial charge in [-0.25, -0.2) is 4.98 Å². The number of esters is 1. The first-order valence-electron chi connectivity index (χ1n) is 5.22. The van der Waals surface area contributed by atoms with Gasteiger partial charge in [0.1, 0.15) is 6.10 Å². The summed E-state index contributed by atoms with van der Waals surface area (Å²) >= 11 is 0. The number of anilines is 1. The second-order valence-corrected chi connectivity index (χ2v) is 3.65. The van der Waals surface area contributed by atoms with Gasteiger partial charge in [0.2, 0.25) is 0 Å². The molecule has 1 aromatic rings. The number of aromatic nitrogens is 1. The Bertz CT molecular complexity index is 424. The van der Waals surface area contributed by atoms with Gasteiger partial charge in [-0.1, -0.05) is 0 Å². The van der Waals surface area contributed by atoms with Gasteiger partial charge in [-0.05, 0) is 6.07 Å². The zero-order valence-electron chi connectivity index (χ0n) is 10.2. The number of carbonyl (C=O) groups excluding carboxylic acids is 1. The smallest absolute Gasteiger partial charge is 0.308 e. The predicted molar refractivity (Wildman–Crippen MR) is 62.8 cm³/mol. The minimum absolute atomic E-state index is 0.177. The molecule has 1 rings (SSSR count). The topological polar surface area (TPSA) is 115 Å². The van der Waals surface area contributed by atoms with Gasteiger partial charge in [-0.2, -0.15) is 0 Å². The Balaban J connectivity index is 2.83. The summed E-state index contributed by atoms with van der Waals surface area (Å²) in [6, 6.07) is 1.45. The fourth-order valence-electron chi connectivity index (χ4n) is 1.38.